The van der Waals surface area contributed by atoms with E-state index >= 15 is 0 Å². The molecule has 0 unspecified atom stereocenters. The summed E-state index contributed by atoms with van der Waals surface area (Å²) in [4.78, 5) is 29.1. The molecule has 38 heavy (non-hydrogen) atoms. The van der Waals surface area contributed by atoms with Gasteiger partial charge in [-0.1, -0.05) is 79.7 Å². The van der Waals surface area contributed by atoms with Crippen LogP contribution < -0.4 is 9.62 Å². The number of sulfonamides is 1. The molecular weight excluding hydrogens is 566 g/mol. The van der Waals surface area contributed by atoms with Gasteiger partial charge in [-0.2, -0.15) is 0 Å². The van der Waals surface area contributed by atoms with Crippen LogP contribution in [-0.4, -0.2) is 50.0 Å². The molecule has 202 valence electrons. The van der Waals surface area contributed by atoms with Crippen LogP contribution >= 0.6 is 15.9 Å². The number of para-hydroxylation sites is 1. The monoisotopic (exact) mass is 599 g/mol. The molecule has 0 heterocycles. The lowest BCUT2D eigenvalue weighted by Crippen LogP contribution is -2.54. The maximum Gasteiger partial charge on any atom is 0.244 e. The van der Waals surface area contributed by atoms with Gasteiger partial charge in [0, 0.05) is 23.5 Å². The third-order valence-electron chi connectivity index (χ3n) is 6.27. The van der Waals surface area contributed by atoms with E-state index < -0.39 is 28.5 Å². The molecule has 7 nitrogen and oxygen atoms in total. The van der Waals surface area contributed by atoms with Gasteiger partial charge in [-0.25, -0.2) is 8.42 Å². The highest BCUT2D eigenvalue weighted by Crippen LogP contribution is 2.28. The van der Waals surface area contributed by atoms with Gasteiger partial charge in [-0.15, -0.1) is 0 Å². The first kappa shape index (κ1) is 29.4. The van der Waals surface area contributed by atoms with Crippen molar-refractivity contribution in [2.24, 2.45) is 0 Å². The maximum atomic E-state index is 14.0. The Labute approximate surface area is 234 Å². The highest BCUT2D eigenvalue weighted by molar-refractivity contribution is 9.10. The number of nitrogens with one attached hydrogen (secondary N) is 1. The Morgan fingerprint density at radius 3 is 2.00 bits per heavy atom. The van der Waals surface area contributed by atoms with Crippen LogP contribution in [0.4, 0.5) is 5.69 Å². The van der Waals surface area contributed by atoms with E-state index in [0.29, 0.717) is 10.2 Å². The minimum atomic E-state index is -3.81. The van der Waals surface area contributed by atoms with E-state index in [-0.39, 0.29) is 24.9 Å². The topological polar surface area (TPSA) is 86.8 Å². The molecule has 0 aromatic heterocycles. The molecule has 0 aliphatic rings. The molecule has 2 atom stereocenters. The zero-order chi connectivity index (χ0) is 27.7. The van der Waals surface area contributed by atoms with E-state index in [1.807, 2.05) is 74.5 Å². The fraction of sp³-hybridized carbons (Fsp3) is 0.310. The van der Waals surface area contributed by atoms with Crippen molar-refractivity contribution in [3.8, 4) is 0 Å². The van der Waals surface area contributed by atoms with E-state index in [4.69, 9.17) is 0 Å². The van der Waals surface area contributed by atoms with Crippen LogP contribution in [0.25, 0.3) is 0 Å². The van der Waals surface area contributed by atoms with Crippen molar-refractivity contribution >= 4 is 43.5 Å². The summed E-state index contributed by atoms with van der Waals surface area (Å²) >= 11 is 3.41. The Morgan fingerprint density at radius 1 is 0.895 bits per heavy atom. The van der Waals surface area contributed by atoms with Crippen LogP contribution in [0.3, 0.4) is 0 Å². The first-order valence-corrected chi connectivity index (χ1v) is 15.1. The number of hydrogen-bond donors (Lipinski definition) is 1. The minimum Gasteiger partial charge on any atom is -0.352 e. The average Bonchev–Trinajstić information content (AvgIpc) is 2.90. The summed E-state index contributed by atoms with van der Waals surface area (Å²) in [5.74, 6) is -0.755. The summed E-state index contributed by atoms with van der Waals surface area (Å²) in [5.41, 5.74) is 2.09. The fourth-order valence-electron chi connectivity index (χ4n) is 4.02. The zero-order valence-corrected chi connectivity index (χ0v) is 24.3. The molecule has 0 bridgehead atoms. The Hall–Kier alpha value is -3.17. The van der Waals surface area contributed by atoms with Crippen LogP contribution in [0.1, 0.15) is 31.4 Å². The Bertz CT molecular complexity index is 1320. The third kappa shape index (κ3) is 8.16. The van der Waals surface area contributed by atoms with E-state index in [1.54, 1.807) is 24.3 Å². The predicted molar refractivity (Wildman–Crippen MR) is 155 cm³/mol. The molecule has 0 saturated heterocycles. The highest BCUT2D eigenvalue weighted by Gasteiger charge is 2.33. The van der Waals surface area contributed by atoms with Gasteiger partial charge < -0.3 is 10.2 Å². The van der Waals surface area contributed by atoms with Gasteiger partial charge in [0.25, 0.3) is 0 Å². The smallest absolute Gasteiger partial charge is 0.244 e. The molecule has 0 saturated carbocycles. The van der Waals surface area contributed by atoms with E-state index in [9.17, 15) is 18.0 Å². The van der Waals surface area contributed by atoms with Gasteiger partial charge in [0.05, 0.1) is 11.9 Å². The molecule has 0 aliphatic carbocycles. The number of benzene rings is 3. The SMILES string of the molecule is CC[C@@H](C)NC(=O)[C@@H](Cc1ccccc1)N(Cc1ccccc1)C(=O)CN(c1ccccc1Br)S(C)(=O)=O. The lowest BCUT2D eigenvalue weighted by Gasteiger charge is -2.34. The molecular formula is C29H34BrN3O4S. The number of rotatable bonds is 12. The summed E-state index contributed by atoms with van der Waals surface area (Å²) in [7, 11) is -3.81. The summed E-state index contributed by atoms with van der Waals surface area (Å²) in [5, 5.41) is 3.02. The van der Waals surface area contributed by atoms with E-state index in [1.165, 1.54) is 4.90 Å². The second kappa shape index (κ2) is 13.6. The van der Waals surface area contributed by atoms with Crippen molar-refractivity contribution in [3.05, 3.63) is 101 Å². The van der Waals surface area contributed by atoms with Gasteiger partial charge >= 0.3 is 0 Å². The van der Waals surface area contributed by atoms with Gasteiger partial charge in [0.15, 0.2) is 0 Å². The molecule has 0 aliphatic heterocycles. The van der Waals surface area contributed by atoms with Gasteiger partial charge in [-0.3, -0.25) is 13.9 Å². The summed E-state index contributed by atoms with van der Waals surface area (Å²) in [6, 6.07) is 24.8. The lowest BCUT2D eigenvalue weighted by atomic mass is 10.0. The molecule has 3 rings (SSSR count). The zero-order valence-electron chi connectivity index (χ0n) is 21.9. The van der Waals surface area contributed by atoms with Crippen LogP contribution in [0, 0.1) is 0 Å². The molecule has 9 heteroatoms. The molecule has 3 aromatic carbocycles. The number of halogens is 1. The normalized spacial score (nSPS) is 12.8. The number of anilines is 1. The summed E-state index contributed by atoms with van der Waals surface area (Å²) in [6.45, 7) is 3.60. The second-order valence-corrected chi connectivity index (χ2v) is 12.0. The van der Waals surface area contributed by atoms with Crippen molar-refractivity contribution in [1.82, 2.24) is 10.2 Å². The highest BCUT2D eigenvalue weighted by atomic mass is 79.9. The van der Waals surface area contributed by atoms with Crippen molar-refractivity contribution < 1.29 is 18.0 Å². The fourth-order valence-corrected chi connectivity index (χ4v) is 5.50. The van der Waals surface area contributed by atoms with Crippen LogP contribution in [0.15, 0.2) is 89.4 Å². The van der Waals surface area contributed by atoms with Crippen molar-refractivity contribution in [2.75, 3.05) is 17.1 Å². The Kier molecular flexibility index (Phi) is 10.5. The van der Waals surface area contributed by atoms with Crippen molar-refractivity contribution in [3.63, 3.8) is 0 Å². The van der Waals surface area contributed by atoms with Gasteiger partial charge in [-0.05, 0) is 52.5 Å². The predicted octanol–water partition coefficient (Wildman–Crippen LogP) is 4.77. The maximum absolute atomic E-state index is 14.0. The second-order valence-electron chi connectivity index (χ2n) is 9.25. The number of nitrogens with zero attached hydrogens (tertiary/aromatic N) is 2. The molecule has 2 amide bonds. The first-order chi connectivity index (χ1) is 18.1. The third-order valence-corrected chi connectivity index (χ3v) is 8.07. The Morgan fingerprint density at radius 2 is 1.45 bits per heavy atom. The van der Waals surface area contributed by atoms with Crippen molar-refractivity contribution in [2.45, 2.75) is 45.3 Å². The summed E-state index contributed by atoms with van der Waals surface area (Å²) < 4.78 is 27.3. The molecule has 0 fully saturated rings. The average molecular weight is 601 g/mol. The largest absolute Gasteiger partial charge is 0.352 e. The van der Waals surface area contributed by atoms with Crippen molar-refractivity contribution in [1.29, 1.82) is 0 Å². The van der Waals surface area contributed by atoms with E-state index in [2.05, 4.69) is 21.2 Å². The van der Waals surface area contributed by atoms with Gasteiger partial charge in [0.2, 0.25) is 21.8 Å². The minimum absolute atomic E-state index is 0.0813. The number of carbonyl (C=O) groups is 2. The lowest BCUT2D eigenvalue weighted by molar-refractivity contribution is -0.140. The molecule has 3 aromatic rings. The quantitative estimate of drug-likeness (QED) is 0.325. The first-order valence-electron chi connectivity index (χ1n) is 12.5. The number of carbonyl (C=O) groups excluding carboxylic acids is 2. The van der Waals surface area contributed by atoms with Gasteiger partial charge in [0.1, 0.15) is 12.6 Å². The Balaban J connectivity index is 2.05. The van der Waals surface area contributed by atoms with E-state index in [0.717, 1.165) is 28.1 Å². The molecule has 0 spiro atoms. The number of amides is 2. The van der Waals surface area contributed by atoms with Crippen LogP contribution in [-0.2, 0) is 32.6 Å². The molecule has 0 radical (unpaired) electrons. The molecule has 1 N–H and O–H groups in total. The van der Waals surface area contributed by atoms with Crippen LogP contribution in [0.2, 0.25) is 0 Å². The summed E-state index contributed by atoms with van der Waals surface area (Å²) in [6.07, 6.45) is 2.09. The standard InChI is InChI=1S/C29H34BrN3O4S/c1-4-22(2)31-29(35)27(19-23-13-7-5-8-14-23)32(20-24-15-9-6-10-16-24)28(34)21-33(38(3,36)37)26-18-12-11-17-25(26)30/h5-18,22,27H,4,19-21H2,1-3H3,(H,31,35)/t22-,27-/m1/s1. The van der Waals surface area contributed by atoms with Crippen LogP contribution in [0.5, 0.6) is 0 Å². The number of hydrogen-bond acceptors (Lipinski definition) is 4.